The van der Waals surface area contributed by atoms with Crippen molar-refractivity contribution < 1.29 is 14.3 Å². The number of rotatable bonds is 2. The Labute approximate surface area is 98.0 Å². The van der Waals surface area contributed by atoms with Crippen LogP contribution < -0.4 is 0 Å². The van der Waals surface area contributed by atoms with Crippen molar-refractivity contribution in [2.45, 2.75) is 26.7 Å². The third-order valence-electron chi connectivity index (χ3n) is 2.82. The van der Waals surface area contributed by atoms with E-state index in [0.717, 1.165) is 0 Å². The van der Waals surface area contributed by atoms with E-state index in [4.69, 9.17) is 4.74 Å². The fourth-order valence-corrected chi connectivity index (χ4v) is 2.49. The number of hydrogen-bond acceptors (Lipinski definition) is 3. The smallest absolute Gasteiger partial charge is 0.334 e. The van der Waals surface area contributed by atoms with E-state index in [1.807, 2.05) is 13.8 Å². The van der Waals surface area contributed by atoms with Gasteiger partial charge in [-0.15, -0.1) is 0 Å². The summed E-state index contributed by atoms with van der Waals surface area (Å²) in [5.74, 6) is -0.339. The molecule has 0 radical (unpaired) electrons. The van der Waals surface area contributed by atoms with Gasteiger partial charge in [-0.05, 0) is 11.8 Å². The minimum absolute atomic E-state index is 0.0478. The summed E-state index contributed by atoms with van der Waals surface area (Å²) in [5.41, 5.74) is 0.820. The molecule has 1 aliphatic carbocycles. The highest BCUT2D eigenvalue weighted by molar-refractivity contribution is 9.09. The molecule has 15 heavy (non-hydrogen) atoms. The van der Waals surface area contributed by atoms with E-state index in [9.17, 15) is 9.59 Å². The Morgan fingerprint density at radius 3 is 2.60 bits per heavy atom. The summed E-state index contributed by atoms with van der Waals surface area (Å²) in [5, 5.41) is 0.416. The van der Waals surface area contributed by atoms with E-state index in [0.29, 0.717) is 29.3 Å². The molecule has 0 N–H and O–H groups in total. The Morgan fingerprint density at radius 1 is 1.53 bits per heavy atom. The maximum atomic E-state index is 11.6. The second kappa shape index (κ2) is 4.47. The molecule has 0 bridgehead atoms. The molecule has 0 amide bonds. The zero-order chi connectivity index (χ0) is 11.6. The Bertz CT molecular complexity index is 329. The van der Waals surface area contributed by atoms with Crippen LogP contribution in [-0.2, 0) is 14.3 Å². The lowest BCUT2D eigenvalue weighted by atomic mass is 9.72. The first kappa shape index (κ1) is 12.4. The van der Waals surface area contributed by atoms with Gasteiger partial charge in [0.05, 0.1) is 12.7 Å². The van der Waals surface area contributed by atoms with Gasteiger partial charge in [-0.2, -0.15) is 0 Å². The maximum Gasteiger partial charge on any atom is 0.334 e. The second-order valence-electron chi connectivity index (χ2n) is 4.29. The summed E-state index contributed by atoms with van der Waals surface area (Å²) < 4.78 is 4.74. The minimum Gasteiger partial charge on any atom is -0.466 e. The van der Waals surface area contributed by atoms with Crippen LogP contribution in [-0.4, -0.2) is 24.2 Å². The van der Waals surface area contributed by atoms with Gasteiger partial charge in [0.15, 0.2) is 5.78 Å². The van der Waals surface area contributed by atoms with Crippen molar-refractivity contribution in [3.05, 3.63) is 11.1 Å². The zero-order valence-electron chi connectivity index (χ0n) is 9.22. The first-order valence-electron chi connectivity index (χ1n) is 4.85. The molecule has 0 aliphatic heterocycles. The van der Waals surface area contributed by atoms with Crippen molar-refractivity contribution in [3.8, 4) is 0 Å². The van der Waals surface area contributed by atoms with Crippen LogP contribution in [0.25, 0.3) is 0 Å². The van der Waals surface area contributed by atoms with Crippen molar-refractivity contribution in [3.63, 3.8) is 0 Å². The molecule has 0 heterocycles. The summed E-state index contributed by atoms with van der Waals surface area (Å²) in [6, 6.07) is 0. The van der Waals surface area contributed by atoms with Gasteiger partial charge in [-0.1, -0.05) is 29.8 Å². The molecule has 0 aromatic carbocycles. The van der Waals surface area contributed by atoms with Gasteiger partial charge in [-0.25, -0.2) is 4.79 Å². The fraction of sp³-hybridized carbons (Fsp3) is 0.636. The molecule has 1 aliphatic rings. The molecule has 0 spiro atoms. The van der Waals surface area contributed by atoms with Crippen molar-refractivity contribution in [2.24, 2.45) is 5.41 Å². The number of ether oxygens (including phenoxy) is 1. The SMILES string of the molecule is COC(=O)C1=C(CBr)C(=O)CCC1(C)C. The average molecular weight is 275 g/mol. The van der Waals surface area contributed by atoms with Crippen LogP contribution in [0.2, 0.25) is 0 Å². The number of methoxy groups -OCH3 is 1. The fourth-order valence-electron chi connectivity index (χ4n) is 1.89. The molecule has 0 saturated carbocycles. The normalized spacial score (nSPS) is 20.4. The summed E-state index contributed by atoms with van der Waals surface area (Å²) >= 11 is 3.25. The Kier molecular flexibility index (Phi) is 3.71. The predicted molar refractivity (Wildman–Crippen MR) is 60.9 cm³/mol. The largest absolute Gasteiger partial charge is 0.466 e. The highest BCUT2D eigenvalue weighted by Gasteiger charge is 2.38. The molecule has 3 nitrogen and oxygen atoms in total. The van der Waals surface area contributed by atoms with Crippen LogP contribution in [0.3, 0.4) is 0 Å². The number of ketones is 1. The third kappa shape index (κ3) is 2.30. The quantitative estimate of drug-likeness (QED) is 0.573. The molecular weight excluding hydrogens is 260 g/mol. The molecule has 0 aromatic rings. The number of halogens is 1. The number of esters is 1. The number of allylic oxidation sites excluding steroid dienone is 1. The second-order valence-corrected chi connectivity index (χ2v) is 4.85. The Balaban J connectivity index is 3.28. The lowest BCUT2D eigenvalue weighted by Gasteiger charge is -2.32. The van der Waals surface area contributed by atoms with Gasteiger partial charge in [0, 0.05) is 17.3 Å². The van der Waals surface area contributed by atoms with Crippen LogP contribution in [0.5, 0.6) is 0 Å². The van der Waals surface area contributed by atoms with Crippen molar-refractivity contribution in [1.82, 2.24) is 0 Å². The lowest BCUT2D eigenvalue weighted by Crippen LogP contribution is -2.31. The van der Waals surface area contributed by atoms with E-state index < -0.39 is 0 Å². The van der Waals surface area contributed by atoms with Crippen molar-refractivity contribution in [2.75, 3.05) is 12.4 Å². The molecular formula is C11H15BrO3. The monoisotopic (exact) mass is 274 g/mol. The number of carbonyl (C=O) groups is 2. The Morgan fingerprint density at radius 2 is 2.13 bits per heavy atom. The van der Waals surface area contributed by atoms with Crippen LogP contribution in [0.4, 0.5) is 0 Å². The highest BCUT2D eigenvalue weighted by atomic mass is 79.9. The summed E-state index contributed by atoms with van der Waals surface area (Å²) in [7, 11) is 1.34. The van der Waals surface area contributed by atoms with Gasteiger partial charge in [0.25, 0.3) is 0 Å². The highest BCUT2D eigenvalue weighted by Crippen LogP contribution is 2.39. The molecule has 0 aromatic heterocycles. The third-order valence-corrected chi connectivity index (χ3v) is 3.38. The van der Waals surface area contributed by atoms with Gasteiger partial charge >= 0.3 is 5.97 Å². The molecule has 0 atom stereocenters. The van der Waals surface area contributed by atoms with Gasteiger partial charge < -0.3 is 4.74 Å². The maximum absolute atomic E-state index is 11.6. The molecule has 4 heteroatoms. The van der Waals surface area contributed by atoms with Crippen LogP contribution in [0.15, 0.2) is 11.1 Å². The lowest BCUT2D eigenvalue weighted by molar-refractivity contribution is -0.138. The first-order chi connectivity index (χ1) is 6.94. The van der Waals surface area contributed by atoms with E-state index in [2.05, 4.69) is 15.9 Å². The van der Waals surface area contributed by atoms with Gasteiger partial charge in [-0.3, -0.25) is 4.79 Å². The summed E-state index contributed by atoms with van der Waals surface area (Å²) in [6.07, 6.45) is 1.21. The summed E-state index contributed by atoms with van der Waals surface area (Å²) in [6.45, 7) is 3.93. The number of Topliss-reactive ketones (excluding diaryl/α,β-unsaturated/α-hetero) is 1. The van der Waals surface area contributed by atoms with Crippen molar-refractivity contribution >= 4 is 27.7 Å². The topological polar surface area (TPSA) is 43.4 Å². The van der Waals surface area contributed by atoms with E-state index in [1.165, 1.54) is 7.11 Å². The number of hydrogen-bond donors (Lipinski definition) is 0. The minimum atomic E-state index is -0.387. The molecule has 0 fully saturated rings. The van der Waals surface area contributed by atoms with E-state index >= 15 is 0 Å². The first-order valence-corrected chi connectivity index (χ1v) is 5.97. The van der Waals surface area contributed by atoms with E-state index in [1.54, 1.807) is 0 Å². The molecule has 1 rings (SSSR count). The molecule has 84 valence electrons. The molecule has 0 unspecified atom stereocenters. The molecule has 0 saturated heterocycles. The summed E-state index contributed by atoms with van der Waals surface area (Å²) in [4.78, 5) is 23.3. The van der Waals surface area contributed by atoms with Crippen LogP contribution >= 0.6 is 15.9 Å². The van der Waals surface area contributed by atoms with Gasteiger partial charge in [0.2, 0.25) is 0 Å². The standard InChI is InChI=1S/C11H15BrO3/c1-11(2)5-4-8(13)7(6-12)9(11)10(14)15-3/h4-6H2,1-3H3. The van der Waals surface area contributed by atoms with Gasteiger partial charge in [0.1, 0.15) is 0 Å². The van der Waals surface area contributed by atoms with E-state index in [-0.39, 0.29) is 17.2 Å². The predicted octanol–water partition coefficient (Wildman–Crippen LogP) is 2.24. The average Bonchev–Trinajstić information content (AvgIpc) is 2.20. The van der Waals surface area contributed by atoms with Crippen LogP contribution in [0, 0.1) is 5.41 Å². The van der Waals surface area contributed by atoms with Crippen molar-refractivity contribution in [1.29, 1.82) is 0 Å². The number of alkyl halides is 1. The Hall–Kier alpha value is -0.640. The number of carbonyl (C=O) groups excluding carboxylic acids is 2. The zero-order valence-corrected chi connectivity index (χ0v) is 10.8. The van der Waals surface area contributed by atoms with Crippen LogP contribution in [0.1, 0.15) is 26.7 Å².